The largest absolute Gasteiger partial charge is 0.233 e. The fourth-order valence-corrected chi connectivity index (χ4v) is 1.61. The molecule has 0 aliphatic heterocycles. The van der Waals surface area contributed by atoms with Crippen molar-refractivity contribution in [1.29, 1.82) is 0 Å². The van der Waals surface area contributed by atoms with E-state index in [9.17, 15) is 13.2 Å². The van der Waals surface area contributed by atoms with E-state index in [4.69, 9.17) is 11.6 Å². The van der Waals surface area contributed by atoms with Crippen molar-refractivity contribution in [1.82, 2.24) is 9.97 Å². The molecule has 0 fully saturated rings. The standard InChI is InChI=1S/C11H6ClF3N2/c1-5-16-9(4-10(12)17-5)6-2-7(13)11(15)8(14)3-6/h2-4H,1H3. The van der Waals surface area contributed by atoms with Crippen LogP contribution in [0.4, 0.5) is 13.2 Å². The lowest BCUT2D eigenvalue weighted by Crippen LogP contribution is -1.95. The molecule has 88 valence electrons. The molecule has 6 heteroatoms. The lowest BCUT2D eigenvalue weighted by molar-refractivity contribution is 0.447. The van der Waals surface area contributed by atoms with Gasteiger partial charge in [0.05, 0.1) is 5.69 Å². The van der Waals surface area contributed by atoms with Crippen LogP contribution in [0.15, 0.2) is 18.2 Å². The van der Waals surface area contributed by atoms with Gasteiger partial charge in [0.25, 0.3) is 0 Å². The fourth-order valence-electron chi connectivity index (χ4n) is 1.38. The van der Waals surface area contributed by atoms with Crippen LogP contribution in [0.25, 0.3) is 11.3 Å². The molecule has 0 radical (unpaired) electrons. The smallest absolute Gasteiger partial charge is 0.194 e. The van der Waals surface area contributed by atoms with E-state index in [1.165, 1.54) is 6.07 Å². The second-order valence-corrected chi connectivity index (χ2v) is 3.76. The van der Waals surface area contributed by atoms with Crippen LogP contribution in [0.5, 0.6) is 0 Å². The monoisotopic (exact) mass is 258 g/mol. The van der Waals surface area contributed by atoms with Crippen molar-refractivity contribution >= 4 is 11.6 Å². The van der Waals surface area contributed by atoms with Crippen LogP contribution in [-0.4, -0.2) is 9.97 Å². The average Bonchev–Trinajstić information content (AvgIpc) is 2.23. The van der Waals surface area contributed by atoms with Crippen molar-refractivity contribution in [2.45, 2.75) is 6.92 Å². The Balaban J connectivity index is 2.60. The Labute approximate surface area is 100 Å². The van der Waals surface area contributed by atoms with Crippen LogP contribution in [0.1, 0.15) is 5.82 Å². The summed E-state index contributed by atoms with van der Waals surface area (Å²) in [4.78, 5) is 7.78. The summed E-state index contributed by atoms with van der Waals surface area (Å²) in [6, 6.07) is 3.06. The lowest BCUT2D eigenvalue weighted by atomic mass is 10.1. The number of hydrogen-bond acceptors (Lipinski definition) is 2. The van der Waals surface area contributed by atoms with E-state index in [1.807, 2.05) is 0 Å². The number of aryl methyl sites for hydroxylation is 1. The van der Waals surface area contributed by atoms with Gasteiger partial charge in [-0.25, -0.2) is 23.1 Å². The predicted molar refractivity (Wildman–Crippen MR) is 57.1 cm³/mol. The number of benzene rings is 1. The van der Waals surface area contributed by atoms with Gasteiger partial charge in [-0.1, -0.05) is 11.6 Å². The van der Waals surface area contributed by atoms with Crippen molar-refractivity contribution in [3.8, 4) is 11.3 Å². The topological polar surface area (TPSA) is 25.8 Å². The Morgan fingerprint density at radius 1 is 1.00 bits per heavy atom. The molecule has 0 atom stereocenters. The maximum atomic E-state index is 13.0. The van der Waals surface area contributed by atoms with E-state index in [2.05, 4.69) is 9.97 Å². The van der Waals surface area contributed by atoms with Crippen LogP contribution in [0, 0.1) is 24.4 Å². The molecule has 0 unspecified atom stereocenters. The Kier molecular flexibility index (Phi) is 3.02. The van der Waals surface area contributed by atoms with E-state index in [0.29, 0.717) is 5.82 Å². The summed E-state index contributed by atoms with van der Waals surface area (Å²) in [6.07, 6.45) is 0. The molecule has 0 saturated carbocycles. The Bertz CT molecular complexity index is 544. The zero-order chi connectivity index (χ0) is 12.6. The molecule has 1 heterocycles. The molecule has 0 aliphatic rings. The molecule has 2 rings (SSSR count). The van der Waals surface area contributed by atoms with E-state index in [-0.39, 0.29) is 16.4 Å². The molecule has 17 heavy (non-hydrogen) atoms. The van der Waals surface area contributed by atoms with Crippen LogP contribution >= 0.6 is 11.6 Å². The van der Waals surface area contributed by atoms with Crippen molar-refractivity contribution in [2.24, 2.45) is 0 Å². The van der Waals surface area contributed by atoms with Gasteiger partial charge in [0.1, 0.15) is 11.0 Å². The van der Waals surface area contributed by atoms with Gasteiger partial charge in [0, 0.05) is 11.6 Å². The minimum atomic E-state index is -1.51. The summed E-state index contributed by atoms with van der Waals surface area (Å²) in [5.74, 6) is -3.69. The third-order valence-corrected chi connectivity index (χ3v) is 2.28. The van der Waals surface area contributed by atoms with E-state index in [1.54, 1.807) is 6.92 Å². The van der Waals surface area contributed by atoms with Gasteiger partial charge < -0.3 is 0 Å². The number of nitrogens with zero attached hydrogens (tertiary/aromatic N) is 2. The maximum absolute atomic E-state index is 13.0. The summed E-state index contributed by atoms with van der Waals surface area (Å²) in [7, 11) is 0. The summed E-state index contributed by atoms with van der Waals surface area (Å²) in [5, 5.41) is 0.151. The highest BCUT2D eigenvalue weighted by molar-refractivity contribution is 6.29. The van der Waals surface area contributed by atoms with Crippen LogP contribution in [-0.2, 0) is 0 Å². The lowest BCUT2D eigenvalue weighted by Gasteiger charge is -2.04. The number of halogens is 4. The van der Waals surface area contributed by atoms with E-state index in [0.717, 1.165) is 12.1 Å². The number of rotatable bonds is 1. The van der Waals surface area contributed by atoms with Gasteiger partial charge in [0.2, 0.25) is 0 Å². The van der Waals surface area contributed by atoms with Crippen molar-refractivity contribution in [3.63, 3.8) is 0 Å². The predicted octanol–water partition coefficient (Wildman–Crippen LogP) is 3.52. The molecule has 0 spiro atoms. The zero-order valence-electron chi connectivity index (χ0n) is 8.64. The quantitative estimate of drug-likeness (QED) is 0.578. The Morgan fingerprint density at radius 3 is 2.12 bits per heavy atom. The molecule has 0 amide bonds. The minimum absolute atomic E-state index is 0.105. The van der Waals surface area contributed by atoms with Crippen LogP contribution < -0.4 is 0 Å². The molecule has 0 N–H and O–H groups in total. The fraction of sp³-hybridized carbons (Fsp3) is 0.0909. The third kappa shape index (κ3) is 2.39. The van der Waals surface area contributed by atoms with Gasteiger partial charge >= 0.3 is 0 Å². The normalized spacial score (nSPS) is 10.6. The van der Waals surface area contributed by atoms with Crippen LogP contribution in [0.3, 0.4) is 0 Å². The Hall–Kier alpha value is -1.62. The first-order valence-corrected chi connectivity index (χ1v) is 5.01. The SMILES string of the molecule is Cc1nc(Cl)cc(-c2cc(F)c(F)c(F)c2)n1. The highest BCUT2D eigenvalue weighted by Crippen LogP contribution is 2.23. The van der Waals surface area contributed by atoms with Gasteiger partial charge in [-0.2, -0.15) is 0 Å². The number of hydrogen-bond donors (Lipinski definition) is 0. The molecular weight excluding hydrogens is 253 g/mol. The molecule has 0 saturated heterocycles. The maximum Gasteiger partial charge on any atom is 0.194 e. The van der Waals surface area contributed by atoms with Gasteiger partial charge in [-0.3, -0.25) is 0 Å². The van der Waals surface area contributed by atoms with Crippen molar-refractivity contribution in [2.75, 3.05) is 0 Å². The van der Waals surface area contributed by atoms with Gasteiger partial charge in [-0.15, -0.1) is 0 Å². The molecule has 2 aromatic rings. The third-order valence-electron chi connectivity index (χ3n) is 2.09. The first-order valence-electron chi connectivity index (χ1n) is 4.63. The van der Waals surface area contributed by atoms with Gasteiger partial charge in [-0.05, 0) is 19.1 Å². The second-order valence-electron chi connectivity index (χ2n) is 3.38. The summed E-state index contributed by atoms with van der Waals surface area (Å²) in [5.41, 5.74) is 0.342. The average molecular weight is 259 g/mol. The first-order chi connectivity index (χ1) is 7.97. The first kappa shape index (κ1) is 11.9. The molecule has 1 aromatic carbocycles. The zero-order valence-corrected chi connectivity index (χ0v) is 9.39. The molecule has 2 nitrogen and oxygen atoms in total. The van der Waals surface area contributed by atoms with Gasteiger partial charge in [0.15, 0.2) is 17.5 Å². The summed E-state index contributed by atoms with van der Waals surface area (Å²) < 4.78 is 38.8. The number of aromatic nitrogens is 2. The van der Waals surface area contributed by atoms with E-state index < -0.39 is 17.5 Å². The molecular formula is C11H6ClF3N2. The molecule has 0 bridgehead atoms. The van der Waals surface area contributed by atoms with E-state index >= 15 is 0 Å². The Morgan fingerprint density at radius 2 is 1.59 bits per heavy atom. The summed E-state index contributed by atoms with van der Waals surface area (Å²) >= 11 is 5.70. The summed E-state index contributed by atoms with van der Waals surface area (Å²) in [6.45, 7) is 1.59. The van der Waals surface area contributed by atoms with Crippen molar-refractivity contribution < 1.29 is 13.2 Å². The minimum Gasteiger partial charge on any atom is -0.233 e. The second kappa shape index (κ2) is 4.33. The highest BCUT2D eigenvalue weighted by Gasteiger charge is 2.13. The highest BCUT2D eigenvalue weighted by atomic mass is 35.5. The molecule has 0 aliphatic carbocycles. The molecule has 1 aromatic heterocycles. The van der Waals surface area contributed by atoms with Crippen LogP contribution in [0.2, 0.25) is 5.15 Å². The van der Waals surface area contributed by atoms with Crippen molar-refractivity contribution in [3.05, 3.63) is 46.6 Å².